The van der Waals surface area contributed by atoms with E-state index >= 15 is 0 Å². The van der Waals surface area contributed by atoms with E-state index in [9.17, 15) is 17.8 Å². The summed E-state index contributed by atoms with van der Waals surface area (Å²) in [5.74, 6) is -2.63. The number of benzene rings is 1. The molecule has 1 saturated heterocycles. The van der Waals surface area contributed by atoms with E-state index in [-0.39, 0.29) is 41.6 Å². The average molecular weight is 627 g/mol. The highest BCUT2D eigenvalue weighted by molar-refractivity contribution is 7.86. The zero-order valence-electron chi connectivity index (χ0n) is 23.5. The number of amides is 1. The molecule has 4 aromatic rings. The summed E-state index contributed by atoms with van der Waals surface area (Å²) < 4.78 is 45.2. The Morgan fingerprint density at radius 3 is 2.65 bits per heavy atom. The van der Waals surface area contributed by atoms with Gasteiger partial charge in [0.15, 0.2) is 11.0 Å². The van der Waals surface area contributed by atoms with Crippen LogP contribution in [0.1, 0.15) is 35.5 Å². The minimum absolute atomic E-state index is 0.100. The lowest BCUT2D eigenvalue weighted by molar-refractivity contribution is -0.00545. The zero-order valence-corrected chi connectivity index (χ0v) is 25.0. The molecule has 224 valence electrons. The van der Waals surface area contributed by atoms with Gasteiger partial charge in [-0.1, -0.05) is 17.7 Å². The summed E-state index contributed by atoms with van der Waals surface area (Å²) in [5, 5.41) is 3.91. The maximum atomic E-state index is 13.1. The van der Waals surface area contributed by atoms with Crippen LogP contribution in [0.3, 0.4) is 0 Å². The molecule has 2 aliphatic rings. The van der Waals surface area contributed by atoms with E-state index in [1.807, 2.05) is 30.3 Å². The Balaban J connectivity index is 1.19. The molecule has 0 aliphatic carbocycles. The number of hydrogen-bond donors (Lipinski definition) is 1. The Hall–Kier alpha value is -3.74. The van der Waals surface area contributed by atoms with Crippen molar-refractivity contribution in [3.05, 3.63) is 76.6 Å². The molecule has 6 rings (SSSR count). The number of rotatable bonds is 7. The summed E-state index contributed by atoms with van der Waals surface area (Å²) in [5.41, 5.74) is 3.79. The molecule has 43 heavy (non-hydrogen) atoms. The van der Waals surface area contributed by atoms with Crippen molar-refractivity contribution in [3.63, 3.8) is 0 Å². The smallest absolute Gasteiger partial charge is 0.330 e. The largest absolute Gasteiger partial charge is 0.372 e. The molecular formula is C30H29ClF2N6O3S. The Morgan fingerprint density at radius 1 is 1.12 bits per heavy atom. The molecule has 1 amide bonds. The summed E-state index contributed by atoms with van der Waals surface area (Å²) in [7, 11) is -2.53. The highest BCUT2D eigenvalue weighted by atomic mass is 35.5. The van der Waals surface area contributed by atoms with Gasteiger partial charge >= 0.3 is 5.76 Å². The molecule has 1 fully saturated rings. The number of hydrogen-bond acceptors (Lipinski definition) is 7. The van der Waals surface area contributed by atoms with Crippen molar-refractivity contribution in [2.45, 2.75) is 44.8 Å². The van der Waals surface area contributed by atoms with Crippen molar-refractivity contribution >= 4 is 50.9 Å². The number of fused-ring (bicyclic) bond motifs is 2. The van der Waals surface area contributed by atoms with Crippen molar-refractivity contribution in [2.75, 3.05) is 28.8 Å². The van der Waals surface area contributed by atoms with Gasteiger partial charge in [0.1, 0.15) is 5.82 Å². The van der Waals surface area contributed by atoms with Crippen LogP contribution in [-0.4, -0.2) is 62.7 Å². The predicted molar refractivity (Wildman–Crippen MR) is 163 cm³/mol. The first-order chi connectivity index (χ1) is 20.7. The maximum Gasteiger partial charge on any atom is 0.330 e. The number of aromatic nitrogens is 3. The first-order valence-electron chi connectivity index (χ1n) is 13.9. The highest BCUT2D eigenvalue weighted by Gasteiger charge is 2.31. The third kappa shape index (κ3) is 6.17. The number of pyridine rings is 3. The van der Waals surface area contributed by atoms with Crippen molar-refractivity contribution in [1.29, 1.82) is 0 Å². The van der Waals surface area contributed by atoms with Crippen molar-refractivity contribution < 1.29 is 22.5 Å². The number of nitrogens with one attached hydrogen (secondary N) is 1. The van der Waals surface area contributed by atoms with E-state index < -0.39 is 22.7 Å². The quantitative estimate of drug-likeness (QED) is 0.303. The first kappa shape index (κ1) is 29.3. The first-order valence-corrected chi connectivity index (χ1v) is 15.4. The Labute approximate surface area is 254 Å². The third-order valence-electron chi connectivity index (χ3n) is 7.44. The summed E-state index contributed by atoms with van der Waals surface area (Å²) in [6.07, 6.45) is 2.29. The second-order valence-corrected chi connectivity index (χ2v) is 12.4. The number of halogens is 3. The number of ether oxygens (including phenoxy) is 1. The van der Waals surface area contributed by atoms with Crippen molar-refractivity contribution in [2.24, 2.45) is 0 Å². The lowest BCUT2D eigenvalue weighted by atomic mass is 10.1. The molecule has 0 radical (unpaired) electrons. The molecule has 3 atom stereocenters. The van der Waals surface area contributed by atoms with Crippen LogP contribution in [0, 0.1) is 0 Å². The van der Waals surface area contributed by atoms with Crippen LogP contribution in [0.25, 0.3) is 22.3 Å². The minimum atomic E-state index is -3.03. The summed E-state index contributed by atoms with van der Waals surface area (Å²) in [6, 6.07) is 14.5. The van der Waals surface area contributed by atoms with Crippen molar-refractivity contribution in [3.8, 4) is 11.4 Å². The number of morpholine rings is 1. The van der Waals surface area contributed by atoms with Gasteiger partial charge in [0.25, 0.3) is 5.91 Å². The number of carbonyl (C=O) groups is 1. The van der Waals surface area contributed by atoms with Crippen LogP contribution in [0.2, 0.25) is 5.02 Å². The summed E-state index contributed by atoms with van der Waals surface area (Å²) >= 11 is 6.36. The monoisotopic (exact) mass is 626 g/mol. The summed E-state index contributed by atoms with van der Waals surface area (Å²) in [4.78, 5) is 29.4. The fourth-order valence-corrected chi connectivity index (χ4v) is 6.65. The molecular weight excluding hydrogens is 598 g/mol. The molecule has 3 unspecified atom stereocenters. The lowest BCUT2D eigenvalue weighted by Crippen LogP contribution is -2.45. The zero-order chi connectivity index (χ0) is 30.2. The fourth-order valence-electron chi connectivity index (χ4n) is 5.52. The highest BCUT2D eigenvalue weighted by Crippen LogP contribution is 2.36. The normalized spacial score (nSPS) is 19.1. The van der Waals surface area contributed by atoms with Crippen LogP contribution in [0.4, 0.5) is 20.3 Å². The molecule has 1 N–H and O–H groups in total. The minimum Gasteiger partial charge on any atom is -0.372 e. The van der Waals surface area contributed by atoms with Crippen LogP contribution in [0.15, 0.2) is 54.7 Å². The van der Waals surface area contributed by atoms with E-state index in [0.29, 0.717) is 28.9 Å². The van der Waals surface area contributed by atoms with Crippen LogP contribution < -0.4 is 14.5 Å². The van der Waals surface area contributed by atoms with Gasteiger partial charge in [0.2, 0.25) is 0 Å². The van der Waals surface area contributed by atoms with E-state index in [4.69, 9.17) is 26.3 Å². The van der Waals surface area contributed by atoms with Gasteiger partial charge in [0, 0.05) is 41.8 Å². The standard InChI is InChI=1S/C30H29ClF2N6O3S/c1-17-15-38(16-18(2)42-17)28-5-3-4-24(37-28)25-7-6-19-13-34-21(12-26(19)36-25)14-35-29(40)20-10-23(31)22-8-9-39(27(22)11-20)43(41)30(32)33/h3-7,10-13,17-18,30H,8-9,14-16H2,1-2H3,(H,35,40). The van der Waals surface area contributed by atoms with Gasteiger partial charge in [-0.3, -0.25) is 14.1 Å². The molecule has 9 nitrogen and oxygen atoms in total. The Morgan fingerprint density at radius 2 is 1.88 bits per heavy atom. The molecule has 2 aliphatic heterocycles. The molecule has 0 bridgehead atoms. The number of alkyl halides is 2. The topological polar surface area (TPSA) is 101 Å². The molecule has 5 heterocycles. The molecule has 1 aromatic carbocycles. The van der Waals surface area contributed by atoms with Crippen molar-refractivity contribution in [1.82, 2.24) is 20.3 Å². The molecule has 3 aromatic heterocycles. The third-order valence-corrected chi connectivity index (χ3v) is 8.89. The van der Waals surface area contributed by atoms with E-state index in [1.54, 1.807) is 12.3 Å². The molecule has 0 saturated carbocycles. The Bertz CT molecular complexity index is 1720. The van der Waals surface area contributed by atoms with Gasteiger partial charge in [-0.05, 0) is 68.3 Å². The van der Waals surface area contributed by atoms with Crippen LogP contribution >= 0.6 is 11.6 Å². The number of nitrogens with zero attached hydrogens (tertiary/aromatic N) is 5. The van der Waals surface area contributed by atoms with Crippen LogP contribution in [-0.2, 0) is 28.7 Å². The van der Waals surface area contributed by atoms with Gasteiger partial charge in [0.05, 0.1) is 47.0 Å². The van der Waals surface area contributed by atoms with Crippen LogP contribution in [0.5, 0.6) is 0 Å². The molecule has 13 heteroatoms. The number of carbonyl (C=O) groups excluding carboxylic acids is 1. The molecule has 0 spiro atoms. The van der Waals surface area contributed by atoms with E-state index in [1.165, 1.54) is 12.1 Å². The lowest BCUT2D eigenvalue weighted by Gasteiger charge is -2.36. The van der Waals surface area contributed by atoms with E-state index in [0.717, 1.165) is 34.3 Å². The maximum absolute atomic E-state index is 13.1. The fraction of sp³-hybridized carbons (Fsp3) is 0.333. The van der Waals surface area contributed by atoms with Gasteiger partial charge in [-0.25, -0.2) is 14.2 Å². The second kappa shape index (κ2) is 12.1. The SMILES string of the molecule is CC1CN(c2cccc(-c3ccc4cnc(CNC(=O)c5cc(Cl)c6c(c5)N(S(=O)C(F)F)CC6)cc4n3)n2)CC(C)O1. The Kier molecular flexibility index (Phi) is 8.25. The van der Waals surface area contributed by atoms with Gasteiger partial charge in [-0.15, -0.1) is 0 Å². The van der Waals surface area contributed by atoms with E-state index in [2.05, 4.69) is 29.0 Å². The summed E-state index contributed by atoms with van der Waals surface area (Å²) in [6.45, 7) is 5.87. The number of anilines is 2. The predicted octanol–water partition coefficient (Wildman–Crippen LogP) is 5.14. The second-order valence-electron chi connectivity index (χ2n) is 10.6. The average Bonchev–Trinajstić information content (AvgIpc) is 3.43. The van der Waals surface area contributed by atoms with Gasteiger partial charge in [-0.2, -0.15) is 8.78 Å². The van der Waals surface area contributed by atoms with Gasteiger partial charge < -0.3 is 15.0 Å².